The van der Waals surface area contributed by atoms with Crippen molar-refractivity contribution in [2.75, 3.05) is 19.6 Å². The first-order valence-corrected chi connectivity index (χ1v) is 6.33. The third kappa shape index (κ3) is 4.59. The van der Waals surface area contributed by atoms with Crippen molar-refractivity contribution < 1.29 is 13.6 Å². The van der Waals surface area contributed by atoms with Crippen LogP contribution in [0.2, 0.25) is 0 Å². The monoisotopic (exact) mass is 270 g/mol. The van der Waals surface area contributed by atoms with Gasteiger partial charge in [-0.05, 0) is 23.6 Å². The number of halogens is 2. The smallest absolute Gasteiger partial charge is 0.255 e. The van der Waals surface area contributed by atoms with Crippen molar-refractivity contribution >= 4 is 5.91 Å². The zero-order valence-corrected chi connectivity index (χ0v) is 11.3. The number of nitrogens with zero attached hydrogens (tertiary/aromatic N) is 1. The Balaban J connectivity index is 2.83. The summed E-state index contributed by atoms with van der Waals surface area (Å²) in [5, 5.41) is 0. The lowest BCUT2D eigenvalue weighted by Gasteiger charge is -2.21. The van der Waals surface area contributed by atoms with Gasteiger partial charge in [-0.15, -0.1) is 0 Å². The van der Waals surface area contributed by atoms with E-state index in [-0.39, 0.29) is 13.1 Å². The molecule has 0 unspecified atom stereocenters. The molecule has 2 N–H and O–H groups in total. The predicted octanol–water partition coefficient (Wildman–Crippen LogP) is 2.48. The molecule has 1 rings (SSSR count). The van der Waals surface area contributed by atoms with Gasteiger partial charge in [0, 0.05) is 18.7 Å². The van der Waals surface area contributed by atoms with E-state index in [2.05, 4.69) is 0 Å². The fraction of sp³-hybridized carbons (Fsp3) is 0.500. The van der Waals surface area contributed by atoms with Crippen LogP contribution in [0.25, 0.3) is 0 Å². The van der Waals surface area contributed by atoms with Crippen LogP contribution in [-0.4, -0.2) is 36.9 Å². The Labute approximate surface area is 112 Å². The van der Waals surface area contributed by atoms with Crippen molar-refractivity contribution in [3.8, 4) is 0 Å². The number of hydrogen-bond donors (Lipinski definition) is 1. The molecule has 0 saturated carbocycles. The first kappa shape index (κ1) is 15.6. The lowest BCUT2D eigenvalue weighted by atomic mass is 10.0. The standard InChI is InChI=1S/C14H20F2N2O/c1-10(2)11-3-5-12(6-4-11)14(19)18(8-7-17)9-13(15)16/h3-6,10,13H,7-9,17H2,1-2H3. The maximum atomic E-state index is 12.4. The Morgan fingerprint density at radius 3 is 2.26 bits per heavy atom. The predicted molar refractivity (Wildman–Crippen MR) is 71.5 cm³/mol. The van der Waals surface area contributed by atoms with Gasteiger partial charge in [-0.2, -0.15) is 0 Å². The summed E-state index contributed by atoms with van der Waals surface area (Å²) in [6.07, 6.45) is -2.55. The van der Waals surface area contributed by atoms with Gasteiger partial charge in [0.25, 0.3) is 12.3 Å². The van der Waals surface area contributed by atoms with Crippen LogP contribution in [0, 0.1) is 0 Å². The molecule has 0 aliphatic carbocycles. The number of hydrogen-bond acceptors (Lipinski definition) is 2. The molecule has 1 aromatic rings. The van der Waals surface area contributed by atoms with E-state index >= 15 is 0 Å². The minimum absolute atomic E-state index is 0.134. The first-order valence-electron chi connectivity index (χ1n) is 6.33. The number of rotatable bonds is 6. The van der Waals surface area contributed by atoms with Gasteiger partial charge in [-0.25, -0.2) is 8.78 Å². The summed E-state index contributed by atoms with van der Waals surface area (Å²) in [4.78, 5) is 13.2. The fourth-order valence-electron chi connectivity index (χ4n) is 1.79. The average molecular weight is 270 g/mol. The molecule has 0 aromatic heterocycles. The highest BCUT2D eigenvalue weighted by molar-refractivity contribution is 5.94. The second kappa shape index (κ2) is 7.19. The molecular weight excluding hydrogens is 250 g/mol. The maximum absolute atomic E-state index is 12.4. The lowest BCUT2D eigenvalue weighted by Crippen LogP contribution is -2.38. The average Bonchev–Trinajstić information content (AvgIpc) is 2.37. The van der Waals surface area contributed by atoms with E-state index in [4.69, 9.17) is 5.73 Å². The zero-order chi connectivity index (χ0) is 14.4. The van der Waals surface area contributed by atoms with E-state index in [1.54, 1.807) is 12.1 Å². The molecule has 0 radical (unpaired) electrons. The van der Waals surface area contributed by atoms with E-state index in [1.807, 2.05) is 26.0 Å². The Morgan fingerprint density at radius 1 is 1.26 bits per heavy atom. The molecule has 0 spiro atoms. The SMILES string of the molecule is CC(C)c1ccc(C(=O)N(CCN)CC(F)F)cc1. The molecule has 0 bridgehead atoms. The number of carbonyl (C=O) groups excluding carboxylic acids is 1. The van der Waals surface area contributed by atoms with Crippen molar-refractivity contribution in [3.05, 3.63) is 35.4 Å². The number of carbonyl (C=O) groups is 1. The van der Waals surface area contributed by atoms with Gasteiger partial charge in [0.2, 0.25) is 0 Å². The second-order valence-electron chi connectivity index (χ2n) is 4.71. The van der Waals surface area contributed by atoms with Crippen LogP contribution >= 0.6 is 0 Å². The molecule has 0 aliphatic rings. The Morgan fingerprint density at radius 2 is 1.84 bits per heavy atom. The zero-order valence-electron chi connectivity index (χ0n) is 11.3. The van der Waals surface area contributed by atoms with Crippen LogP contribution < -0.4 is 5.73 Å². The van der Waals surface area contributed by atoms with E-state index in [9.17, 15) is 13.6 Å². The summed E-state index contributed by atoms with van der Waals surface area (Å²) in [6, 6.07) is 7.04. The molecule has 0 heterocycles. The fourth-order valence-corrected chi connectivity index (χ4v) is 1.79. The van der Waals surface area contributed by atoms with Gasteiger partial charge in [0.05, 0.1) is 6.54 Å². The van der Waals surface area contributed by atoms with E-state index in [0.717, 1.165) is 10.5 Å². The van der Waals surface area contributed by atoms with E-state index in [1.165, 1.54) is 0 Å². The van der Waals surface area contributed by atoms with Gasteiger partial charge in [-0.3, -0.25) is 4.79 Å². The molecule has 1 amide bonds. The van der Waals surface area contributed by atoms with Gasteiger partial charge in [0.1, 0.15) is 0 Å². The number of alkyl halides is 2. The molecule has 0 saturated heterocycles. The van der Waals surface area contributed by atoms with Crippen LogP contribution in [0.4, 0.5) is 8.78 Å². The highest BCUT2D eigenvalue weighted by atomic mass is 19.3. The third-order valence-electron chi connectivity index (χ3n) is 2.87. The molecule has 19 heavy (non-hydrogen) atoms. The van der Waals surface area contributed by atoms with Gasteiger partial charge in [0.15, 0.2) is 0 Å². The summed E-state index contributed by atoms with van der Waals surface area (Å²) in [5.74, 6) is -0.0357. The molecule has 0 aliphatic heterocycles. The van der Waals surface area contributed by atoms with Crippen LogP contribution in [0.1, 0.15) is 35.7 Å². The van der Waals surface area contributed by atoms with Crippen molar-refractivity contribution in [3.63, 3.8) is 0 Å². The molecule has 0 fully saturated rings. The summed E-state index contributed by atoms with van der Waals surface area (Å²) in [6.45, 7) is 3.82. The van der Waals surface area contributed by atoms with Crippen molar-refractivity contribution in [2.24, 2.45) is 5.73 Å². The van der Waals surface area contributed by atoms with Crippen molar-refractivity contribution in [1.29, 1.82) is 0 Å². The highest BCUT2D eigenvalue weighted by Gasteiger charge is 2.19. The van der Waals surface area contributed by atoms with E-state index in [0.29, 0.717) is 11.5 Å². The first-order chi connectivity index (χ1) is 8.95. The summed E-state index contributed by atoms with van der Waals surface area (Å²) >= 11 is 0. The normalized spacial score (nSPS) is 11.1. The number of benzene rings is 1. The number of nitrogens with two attached hydrogens (primary N) is 1. The molecule has 5 heteroatoms. The highest BCUT2D eigenvalue weighted by Crippen LogP contribution is 2.16. The molecule has 3 nitrogen and oxygen atoms in total. The molecule has 1 aromatic carbocycles. The minimum atomic E-state index is -2.55. The van der Waals surface area contributed by atoms with Crippen LogP contribution in [0.3, 0.4) is 0 Å². The molecule has 106 valence electrons. The van der Waals surface area contributed by atoms with Crippen LogP contribution in [0.5, 0.6) is 0 Å². The van der Waals surface area contributed by atoms with Crippen molar-refractivity contribution in [2.45, 2.75) is 26.2 Å². The Bertz CT molecular complexity index is 404. The van der Waals surface area contributed by atoms with Gasteiger partial charge >= 0.3 is 0 Å². The van der Waals surface area contributed by atoms with Crippen molar-refractivity contribution in [1.82, 2.24) is 4.90 Å². The topological polar surface area (TPSA) is 46.3 Å². The summed E-state index contributed by atoms with van der Waals surface area (Å²) in [7, 11) is 0. The quantitative estimate of drug-likeness (QED) is 0.863. The summed E-state index contributed by atoms with van der Waals surface area (Å²) in [5.41, 5.74) is 6.87. The number of amides is 1. The van der Waals surface area contributed by atoms with Crippen LogP contribution in [-0.2, 0) is 0 Å². The maximum Gasteiger partial charge on any atom is 0.255 e. The van der Waals surface area contributed by atoms with Gasteiger partial charge in [-0.1, -0.05) is 26.0 Å². The van der Waals surface area contributed by atoms with E-state index < -0.39 is 18.9 Å². The molecule has 0 atom stereocenters. The Kier molecular flexibility index (Phi) is 5.89. The summed E-state index contributed by atoms with van der Waals surface area (Å²) < 4.78 is 24.8. The minimum Gasteiger partial charge on any atom is -0.332 e. The Hall–Kier alpha value is -1.49. The van der Waals surface area contributed by atoms with Gasteiger partial charge < -0.3 is 10.6 Å². The largest absolute Gasteiger partial charge is 0.332 e. The third-order valence-corrected chi connectivity index (χ3v) is 2.87. The van der Waals surface area contributed by atoms with Crippen LogP contribution in [0.15, 0.2) is 24.3 Å². The second-order valence-corrected chi connectivity index (χ2v) is 4.71. The molecular formula is C14H20F2N2O. The lowest BCUT2D eigenvalue weighted by molar-refractivity contribution is 0.0563.